The van der Waals surface area contributed by atoms with Crippen LogP contribution in [0.2, 0.25) is 5.02 Å². The first-order valence-electron chi connectivity index (χ1n) is 5.38. The fraction of sp³-hybridized carbons (Fsp3) is 0.417. The van der Waals surface area contributed by atoms with E-state index in [1.807, 2.05) is 25.1 Å². The van der Waals surface area contributed by atoms with Gasteiger partial charge in [0.1, 0.15) is 0 Å². The van der Waals surface area contributed by atoms with Crippen LogP contribution in [0.1, 0.15) is 13.3 Å². The quantitative estimate of drug-likeness (QED) is 0.830. The summed E-state index contributed by atoms with van der Waals surface area (Å²) in [5, 5.41) is 6.66. The molecule has 1 aliphatic heterocycles. The lowest BCUT2D eigenvalue weighted by Crippen LogP contribution is -2.35. The molecule has 0 bridgehead atoms. The van der Waals surface area contributed by atoms with Crippen molar-refractivity contribution in [3.8, 4) is 0 Å². The van der Waals surface area contributed by atoms with Crippen molar-refractivity contribution in [3.63, 3.8) is 0 Å². The maximum atomic E-state index is 12.1. The molecule has 4 heteroatoms. The second kappa shape index (κ2) is 4.44. The maximum absolute atomic E-state index is 12.1. The van der Waals surface area contributed by atoms with E-state index in [0.29, 0.717) is 10.7 Å². The van der Waals surface area contributed by atoms with Crippen LogP contribution in [0, 0.1) is 5.41 Å². The van der Waals surface area contributed by atoms with Crippen molar-refractivity contribution < 1.29 is 4.79 Å². The number of hydrogen-bond donors (Lipinski definition) is 2. The van der Waals surface area contributed by atoms with E-state index in [9.17, 15) is 4.79 Å². The summed E-state index contributed by atoms with van der Waals surface area (Å²) in [7, 11) is 0. The average molecular weight is 239 g/mol. The molecule has 86 valence electrons. The Balaban J connectivity index is 2.10. The first kappa shape index (κ1) is 11.4. The molecule has 1 saturated heterocycles. The molecule has 1 aliphatic rings. The van der Waals surface area contributed by atoms with Crippen molar-refractivity contribution in [1.29, 1.82) is 0 Å². The topological polar surface area (TPSA) is 41.1 Å². The van der Waals surface area contributed by atoms with Crippen LogP contribution in [0.25, 0.3) is 0 Å². The molecular formula is C12H15ClN2O. The Morgan fingerprint density at radius 3 is 2.88 bits per heavy atom. The van der Waals surface area contributed by atoms with Gasteiger partial charge in [0, 0.05) is 6.54 Å². The van der Waals surface area contributed by atoms with Crippen LogP contribution in [0.4, 0.5) is 5.69 Å². The van der Waals surface area contributed by atoms with E-state index in [1.54, 1.807) is 6.07 Å². The summed E-state index contributed by atoms with van der Waals surface area (Å²) in [5.74, 6) is 0.0330. The number of anilines is 1. The van der Waals surface area contributed by atoms with E-state index < -0.39 is 0 Å². The zero-order valence-corrected chi connectivity index (χ0v) is 9.97. The number of halogens is 1. The molecule has 2 rings (SSSR count). The third kappa shape index (κ3) is 2.20. The Labute approximate surface area is 100 Å². The molecule has 0 aromatic heterocycles. The minimum absolute atomic E-state index is 0.0330. The van der Waals surface area contributed by atoms with Gasteiger partial charge in [0.05, 0.1) is 16.1 Å². The zero-order chi connectivity index (χ0) is 11.6. The van der Waals surface area contributed by atoms with Crippen LogP contribution < -0.4 is 10.6 Å². The third-order valence-corrected chi connectivity index (χ3v) is 3.37. The lowest BCUT2D eigenvalue weighted by molar-refractivity contribution is -0.123. The van der Waals surface area contributed by atoms with E-state index in [1.165, 1.54) is 0 Å². The molecule has 3 nitrogen and oxygen atoms in total. The summed E-state index contributed by atoms with van der Waals surface area (Å²) in [6.45, 7) is 3.59. The van der Waals surface area contributed by atoms with Crippen molar-refractivity contribution in [3.05, 3.63) is 29.3 Å². The first-order valence-corrected chi connectivity index (χ1v) is 5.76. The van der Waals surface area contributed by atoms with E-state index in [-0.39, 0.29) is 11.3 Å². The highest BCUT2D eigenvalue weighted by Crippen LogP contribution is 2.28. The molecule has 0 aliphatic carbocycles. The fourth-order valence-electron chi connectivity index (χ4n) is 1.85. The molecule has 1 unspecified atom stereocenters. The number of rotatable bonds is 2. The molecule has 1 amide bonds. The average Bonchev–Trinajstić information content (AvgIpc) is 2.70. The molecule has 2 N–H and O–H groups in total. The van der Waals surface area contributed by atoms with Gasteiger partial charge in [0.15, 0.2) is 0 Å². The molecule has 1 fully saturated rings. The summed E-state index contributed by atoms with van der Waals surface area (Å²) in [5.41, 5.74) is 0.362. The van der Waals surface area contributed by atoms with Crippen LogP contribution in [0.15, 0.2) is 24.3 Å². The Kier molecular flexibility index (Phi) is 3.17. The Hall–Kier alpha value is -1.06. The number of hydrogen-bond acceptors (Lipinski definition) is 2. The number of nitrogens with one attached hydrogen (secondary N) is 2. The van der Waals surface area contributed by atoms with E-state index in [0.717, 1.165) is 19.5 Å². The summed E-state index contributed by atoms with van der Waals surface area (Å²) >= 11 is 5.99. The number of benzene rings is 1. The van der Waals surface area contributed by atoms with Crippen molar-refractivity contribution in [2.45, 2.75) is 13.3 Å². The van der Waals surface area contributed by atoms with Crippen LogP contribution in [-0.4, -0.2) is 19.0 Å². The Morgan fingerprint density at radius 2 is 2.25 bits per heavy atom. The normalized spacial score (nSPS) is 24.4. The second-order valence-corrected chi connectivity index (χ2v) is 4.83. The van der Waals surface area contributed by atoms with E-state index in [2.05, 4.69) is 10.6 Å². The predicted octanol–water partition coefficient (Wildman–Crippen LogP) is 2.28. The van der Waals surface area contributed by atoms with Crippen molar-refractivity contribution in [2.75, 3.05) is 18.4 Å². The standard InChI is InChI=1S/C12H15ClN2O/c1-12(6-7-14-8-12)11(16)15-10-5-3-2-4-9(10)13/h2-5,14H,6-8H2,1H3,(H,15,16). The van der Waals surface area contributed by atoms with Gasteiger partial charge >= 0.3 is 0 Å². The first-order chi connectivity index (χ1) is 7.62. The molecule has 1 aromatic carbocycles. The van der Waals surface area contributed by atoms with Crippen molar-refractivity contribution in [2.24, 2.45) is 5.41 Å². The van der Waals surface area contributed by atoms with Crippen LogP contribution in [0.5, 0.6) is 0 Å². The molecule has 0 saturated carbocycles. The molecule has 16 heavy (non-hydrogen) atoms. The van der Waals surface area contributed by atoms with Gasteiger partial charge in [-0.2, -0.15) is 0 Å². The second-order valence-electron chi connectivity index (χ2n) is 4.42. The lowest BCUT2D eigenvalue weighted by atomic mass is 9.89. The third-order valence-electron chi connectivity index (χ3n) is 3.04. The summed E-state index contributed by atoms with van der Waals surface area (Å²) in [4.78, 5) is 12.1. The molecule has 1 atom stereocenters. The zero-order valence-electron chi connectivity index (χ0n) is 9.22. The highest BCUT2D eigenvalue weighted by Gasteiger charge is 2.36. The Bertz CT molecular complexity index is 400. The lowest BCUT2D eigenvalue weighted by Gasteiger charge is -2.21. The number of carbonyl (C=O) groups is 1. The number of carbonyl (C=O) groups excluding carboxylic acids is 1. The number of para-hydroxylation sites is 1. The molecule has 1 heterocycles. The van der Waals surface area contributed by atoms with Crippen molar-refractivity contribution >= 4 is 23.2 Å². The SMILES string of the molecule is CC1(C(=O)Nc2ccccc2Cl)CCNC1. The van der Waals surface area contributed by atoms with Crippen LogP contribution >= 0.6 is 11.6 Å². The minimum Gasteiger partial charge on any atom is -0.324 e. The van der Waals surface area contributed by atoms with Gasteiger partial charge in [0.2, 0.25) is 5.91 Å². The Morgan fingerprint density at radius 1 is 1.50 bits per heavy atom. The predicted molar refractivity (Wildman–Crippen MR) is 65.7 cm³/mol. The fourth-order valence-corrected chi connectivity index (χ4v) is 2.03. The smallest absolute Gasteiger partial charge is 0.231 e. The van der Waals surface area contributed by atoms with Gasteiger partial charge in [0.25, 0.3) is 0 Å². The monoisotopic (exact) mass is 238 g/mol. The van der Waals surface area contributed by atoms with Gasteiger partial charge in [-0.25, -0.2) is 0 Å². The van der Waals surface area contributed by atoms with Crippen LogP contribution in [-0.2, 0) is 4.79 Å². The number of amides is 1. The minimum atomic E-state index is -0.320. The van der Waals surface area contributed by atoms with Gasteiger partial charge in [-0.15, -0.1) is 0 Å². The highest BCUT2D eigenvalue weighted by molar-refractivity contribution is 6.33. The van der Waals surface area contributed by atoms with E-state index >= 15 is 0 Å². The molecular weight excluding hydrogens is 224 g/mol. The van der Waals surface area contributed by atoms with Crippen molar-refractivity contribution in [1.82, 2.24) is 5.32 Å². The summed E-state index contributed by atoms with van der Waals surface area (Å²) < 4.78 is 0. The summed E-state index contributed by atoms with van der Waals surface area (Å²) in [6, 6.07) is 7.28. The van der Waals surface area contributed by atoms with Gasteiger partial charge in [-0.05, 0) is 32.0 Å². The van der Waals surface area contributed by atoms with Gasteiger partial charge in [-0.3, -0.25) is 4.79 Å². The maximum Gasteiger partial charge on any atom is 0.231 e. The van der Waals surface area contributed by atoms with Gasteiger partial charge < -0.3 is 10.6 Å². The molecule has 1 aromatic rings. The molecule has 0 spiro atoms. The largest absolute Gasteiger partial charge is 0.324 e. The van der Waals surface area contributed by atoms with Crippen LogP contribution in [0.3, 0.4) is 0 Å². The van der Waals surface area contributed by atoms with E-state index in [4.69, 9.17) is 11.6 Å². The molecule has 0 radical (unpaired) electrons. The summed E-state index contributed by atoms with van der Waals surface area (Å²) in [6.07, 6.45) is 0.864. The van der Waals surface area contributed by atoms with Gasteiger partial charge in [-0.1, -0.05) is 23.7 Å². The highest BCUT2D eigenvalue weighted by atomic mass is 35.5.